The highest BCUT2D eigenvalue weighted by Crippen LogP contribution is 2.06. The van der Waals surface area contributed by atoms with Gasteiger partial charge in [0.1, 0.15) is 11.3 Å². The Morgan fingerprint density at radius 1 is 1.83 bits per heavy atom. The largest absolute Gasteiger partial charge is 0.357 e. The molecule has 2 N–H and O–H groups in total. The van der Waals surface area contributed by atoms with E-state index in [0.29, 0.717) is 0 Å². The Kier molecular flexibility index (Phi) is 4.83. The molecule has 0 aromatic rings. The summed E-state index contributed by atoms with van der Waals surface area (Å²) in [5.74, 6) is -0.673. The number of hydrogen-bond donors (Lipinski definition) is 1. The first-order valence-electron chi connectivity index (χ1n) is 3.64. The number of nitrogens with zero attached hydrogens (tertiary/aromatic N) is 3. The van der Waals surface area contributed by atoms with Gasteiger partial charge in [0.2, 0.25) is 0 Å². The number of azide groups is 1. The standard InChI is InChI=1S/C6H12N4O2/c1-3-4(2)5(7)6(11)12-10-9-8/h4-5H,3,7H2,1-2H3/t4-,5-/m0/s1. The van der Waals surface area contributed by atoms with Crippen LogP contribution >= 0.6 is 0 Å². The van der Waals surface area contributed by atoms with E-state index in [1.54, 1.807) is 0 Å². The molecule has 12 heavy (non-hydrogen) atoms. The van der Waals surface area contributed by atoms with E-state index in [1.165, 1.54) is 0 Å². The fourth-order valence-electron chi connectivity index (χ4n) is 0.606. The lowest BCUT2D eigenvalue weighted by Gasteiger charge is -2.13. The van der Waals surface area contributed by atoms with Crippen molar-refractivity contribution < 1.29 is 9.63 Å². The minimum Gasteiger partial charge on any atom is -0.357 e. The van der Waals surface area contributed by atoms with Crippen LogP contribution in [-0.4, -0.2) is 12.0 Å². The van der Waals surface area contributed by atoms with Crippen molar-refractivity contribution in [2.45, 2.75) is 26.3 Å². The molecule has 0 spiro atoms. The van der Waals surface area contributed by atoms with Crippen LogP contribution in [0.5, 0.6) is 0 Å². The Labute approximate surface area is 70.3 Å². The predicted octanol–water partition coefficient (Wildman–Crippen LogP) is 1.13. The van der Waals surface area contributed by atoms with Crippen molar-refractivity contribution in [2.75, 3.05) is 0 Å². The molecule has 0 heterocycles. The van der Waals surface area contributed by atoms with Gasteiger partial charge < -0.3 is 10.6 Å². The number of nitrogens with two attached hydrogens (primary N) is 1. The van der Waals surface area contributed by atoms with Crippen molar-refractivity contribution >= 4 is 5.97 Å². The SMILES string of the molecule is CC[C@H](C)[C@H](N)C(=O)ON=[N+]=[N-]. The van der Waals surface area contributed by atoms with Crippen molar-refractivity contribution in [3.63, 3.8) is 0 Å². The van der Waals surface area contributed by atoms with E-state index in [-0.39, 0.29) is 5.92 Å². The molecule has 0 aliphatic carbocycles. The number of carbonyl (C=O) groups excluding carboxylic acids is 1. The Morgan fingerprint density at radius 3 is 2.83 bits per heavy atom. The second-order valence-corrected chi connectivity index (χ2v) is 2.49. The van der Waals surface area contributed by atoms with Crippen LogP contribution in [0.25, 0.3) is 10.4 Å². The van der Waals surface area contributed by atoms with Crippen LogP contribution in [0.15, 0.2) is 5.28 Å². The van der Waals surface area contributed by atoms with Gasteiger partial charge in [0.05, 0.1) is 0 Å². The molecule has 68 valence electrons. The minimum atomic E-state index is -0.722. The normalized spacial score (nSPS) is 14.2. The molecule has 0 saturated carbocycles. The van der Waals surface area contributed by atoms with Crippen molar-refractivity contribution in [1.29, 1.82) is 0 Å². The van der Waals surface area contributed by atoms with Crippen LogP contribution in [0.3, 0.4) is 0 Å². The van der Waals surface area contributed by atoms with Crippen LogP contribution in [-0.2, 0) is 9.63 Å². The maximum atomic E-state index is 10.9. The third kappa shape index (κ3) is 3.23. The molecule has 0 aliphatic heterocycles. The van der Waals surface area contributed by atoms with Crippen LogP contribution in [0.4, 0.5) is 0 Å². The molecule has 0 fully saturated rings. The van der Waals surface area contributed by atoms with E-state index in [1.807, 2.05) is 13.8 Å². The zero-order chi connectivity index (χ0) is 9.56. The van der Waals surface area contributed by atoms with Gasteiger partial charge in [0, 0.05) is 4.91 Å². The summed E-state index contributed by atoms with van der Waals surface area (Å²) in [7, 11) is 0. The monoisotopic (exact) mass is 172 g/mol. The summed E-state index contributed by atoms with van der Waals surface area (Å²) < 4.78 is 0. The molecule has 0 amide bonds. The van der Waals surface area contributed by atoms with Gasteiger partial charge in [-0.05, 0) is 11.4 Å². The first-order chi connectivity index (χ1) is 5.63. The quantitative estimate of drug-likeness (QED) is 0.297. The molecule has 0 aliphatic rings. The van der Waals surface area contributed by atoms with E-state index in [2.05, 4.69) is 15.0 Å². The molecule has 2 atom stereocenters. The van der Waals surface area contributed by atoms with Crippen LogP contribution in [0.2, 0.25) is 0 Å². The third-order valence-electron chi connectivity index (χ3n) is 1.70. The van der Waals surface area contributed by atoms with Crippen molar-refractivity contribution in [2.24, 2.45) is 16.9 Å². The van der Waals surface area contributed by atoms with Gasteiger partial charge in [-0.25, -0.2) is 4.79 Å². The van der Waals surface area contributed by atoms with E-state index in [0.717, 1.165) is 6.42 Å². The van der Waals surface area contributed by atoms with Gasteiger partial charge in [-0.15, -0.1) is 0 Å². The zero-order valence-corrected chi connectivity index (χ0v) is 7.10. The lowest BCUT2D eigenvalue weighted by molar-refractivity contribution is -0.146. The topological polar surface area (TPSA) is 101 Å². The van der Waals surface area contributed by atoms with Gasteiger partial charge in [-0.2, -0.15) is 0 Å². The lowest BCUT2D eigenvalue weighted by atomic mass is 10.0. The molecule has 6 heteroatoms. The molecule has 0 unspecified atom stereocenters. The highest BCUT2D eigenvalue weighted by atomic mass is 16.7. The van der Waals surface area contributed by atoms with Gasteiger partial charge in [-0.3, -0.25) is 0 Å². The van der Waals surface area contributed by atoms with Crippen molar-refractivity contribution in [1.82, 2.24) is 0 Å². The maximum Gasteiger partial charge on any atom is 0.334 e. The molecule has 6 nitrogen and oxygen atoms in total. The smallest absolute Gasteiger partial charge is 0.334 e. The highest BCUT2D eigenvalue weighted by Gasteiger charge is 2.20. The van der Waals surface area contributed by atoms with E-state index in [9.17, 15) is 4.79 Å². The predicted molar refractivity (Wildman–Crippen MR) is 42.7 cm³/mol. The van der Waals surface area contributed by atoms with E-state index in [4.69, 9.17) is 11.3 Å². The molecule has 0 rings (SSSR count). The average Bonchev–Trinajstić information content (AvgIpc) is 2.11. The summed E-state index contributed by atoms with van der Waals surface area (Å²) in [6, 6.07) is -0.722. The van der Waals surface area contributed by atoms with Crippen LogP contribution < -0.4 is 5.73 Å². The van der Waals surface area contributed by atoms with Gasteiger partial charge in [0.25, 0.3) is 0 Å². The second-order valence-electron chi connectivity index (χ2n) is 2.49. The van der Waals surface area contributed by atoms with Crippen LogP contribution in [0.1, 0.15) is 20.3 Å². The Balaban J connectivity index is 4.00. The molecule has 0 saturated heterocycles. The molecule has 0 radical (unpaired) electrons. The summed E-state index contributed by atoms with van der Waals surface area (Å²) in [5.41, 5.74) is 13.3. The lowest BCUT2D eigenvalue weighted by Crippen LogP contribution is -2.37. The summed E-state index contributed by atoms with van der Waals surface area (Å²) >= 11 is 0. The van der Waals surface area contributed by atoms with E-state index < -0.39 is 12.0 Å². The molecular formula is C6H12N4O2. The first kappa shape index (κ1) is 10.7. The zero-order valence-electron chi connectivity index (χ0n) is 7.10. The van der Waals surface area contributed by atoms with Crippen LogP contribution in [0, 0.1) is 5.92 Å². The van der Waals surface area contributed by atoms with Crippen molar-refractivity contribution in [3.05, 3.63) is 10.4 Å². The average molecular weight is 172 g/mol. The van der Waals surface area contributed by atoms with Gasteiger partial charge >= 0.3 is 5.97 Å². The molecule has 0 bridgehead atoms. The summed E-state index contributed by atoms with van der Waals surface area (Å²) in [5, 5.41) is 2.66. The maximum absolute atomic E-state index is 10.9. The molecule has 0 aromatic heterocycles. The Hall–Kier alpha value is -1.26. The minimum absolute atomic E-state index is 0.0198. The summed E-state index contributed by atoms with van der Waals surface area (Å²) in [4.78, 5) is 17.3. The fourth-order valence-corrected chi connectivity index (χ4v) is 0.606. The number of rotatable bonds is 4. The highest BCUT2D eigenvalue weighted by molar-refractivity contribution is 5.75. The fraction of sp³-hybridized carbons (Fsp3) is 0.833. The van der Waals surface area contributed by atoms with Gasteiger partial charge in [0.15, 0.2) is 0 Å². The van der Waals surface area contributed by atoms with E-state index >= 15 is 0 Å². The summed E-state index contributed by atoms with van der Waals surface area (Å²) in [6.07, 6.45) is 0.770. The first-order valence-corrected chi connectivity index (χ1v) is 3.64. The summed E-state index contributed by atoms with van der Waals surface area (Å²) in [6.45, 7) is 3.73. The number of carbonyl (C=O) groups is 1. The van der Waals surface area contributed by atoms with Crippen molar-refractivity contribution in [3.8, 4) is 0 Å². The Bertz CT molecular complexity index is 200. The third-order valence-corrected chi connectivity index (χ3v) is 1.70. The molecular weight excluding hydrogens is 160 g/mol. The number of hydrogen-bond acceptors (Lipinski definition) is 4. The van der Waals surface area contributed by atoms with Gasteiger partial charge in [-0.1, -0.05) is 20.3 Å². The second kappa shape index (κ2) is 5.40. The molecule has 0 aromatic carbocycles. The Morgan fingerprint density at radius 2 is 2.42 bits per heavy atom.